The predicted octanol–water partition coefficient (Wildman–Crippen LogP) is 2.33. The summed E-state index contributed by atoms with van der Waals surface area (Å²) in [5, 5.41) is 0. The number of aromatic amines is 1. The van der Waals surface area contributed by atoms with Crippen molar-refractivity contribution in [2.75, 3.05) is 39.0 Å². The zero-order valence-corrected chi connectivity index (χ0v) is 20.3. The van der Waals surface area contributed by atoms with E-state index in [0.717, 1.165) is 57.4 Å². The molecule has 1 aromatic carbocycles. The van der Waals surface area contributed by atoms with Crippen LogP contribution in [-0.2, 0) is 14.6 Å². The molecule has 2 aromatic rings. The number of hydrogen-bond donors (Lipinski definition) is 1. The van der Waals surface area contributed by atoms with Crippen molar-refractivity contribution >= 4 is 26.8 Å². The average Bonchev–Trinajstić information content (AvgIpc) is 3.02. The molecule has 8 nitrogen and oxygen atoms in total. The molecule has 2 aliphatic heterocycles. The largest absolute Gasteiger partial charge is 0.342 e. The first-order chi connectivity index (χ1) is 14.9. The minimum Gasteiger partial charge on any atom is -0.342 e. The number of imidazole rings is 1. The molecule has 0 unspecified atom stereocenters. The highest BCUT2D eigenvalue weighted by Crippen LogP contribution is 2.30. The van der Waals surface area contributed by atoms with Crippen molar-refractivity contribution in [1.29, 1.82) is 0 Å². The second kappa shape index (κ2) is 8.33. The van der Waals surface area contributed by atoms with Crippen LogP contribution in [-0.4, -0.2) is 72.7 Å². The van der Waals surface area contributed by atoms with Crippen molar-refractivity contribution < 1.29 is 13.2 Å². The van der Waals surface area contributed by atoms with Crippen LogP contribution in [0.4, 0.5) is 0 Å². The highest BCUT2D eigenvalue weighted by Gasteiger charge is 2.30. The summed E-state index contributed by atoms with van der Waals surface area (Å²) in [6, 6.07) is 3.38. The molecule has 176 valence electrons. The summed E-state index contributed by atoms with van der Waals surface area (Å²) in [6.07, 6.45) is 4.83. The fourth-order valence-corrected chi connectivity index (χ4v) is 5.98. The molecule has 2 aliphatic rings. The molecular formula is C23H34N4O4S. The van der Waals surface area contributed by atoms with Gasteiger partial charge in [0.15, 0.2) is 9.84 Å². The van der Waals surface area contributed by atoms with Crippen LogP contribution in [0.1, 0.15) is 51.1 Å². The lowest BCUT2D eigenvalue weighted by atomic mass is 9.82. The van der Waals surface area contributed by atoms with Crippen molar-refractivity contribution in [3.63, 3.8) is 0 Å². The minimum atomic E-state index is -3.36. The first kappa shape index (κ1) is 23.0. The Balaban J connectivity index is 1.43. The summed E-state index contributed by atoms with van der Waals surface area (Å²) in [6.45, 7) is 9.90. The molecule has 3 heterocycles. The lowest BCUT2D eigenvalue weighted by Gasteiger charge is -2.38. The third-order valence-corrected chi connectivity index (χ3v) is 8.40. The summed E-state index contributed by atoms with van der Waals surface area (Å²) < 4.78 is 25.8. The molecule has 0 spiro atoms. The maximum absolute atomic E-state index is 12.7. The van der Waals surface area contributed by atoms with Crippen molar-refractivity contribution in [3.05, 3.63) is 28.2 Å². The lowest BCUT2D eigenvalue weighted by Crippen LogP contribution is -2.47. The third kappa shape index (κ3) is 4.64. The number of carbonyl (C=O) groups is 1. The third-order valence-electron chi connectivity index (χ3n) is 7.16. The Morgan fingerprint density at radius 1 is 1.12 bits per heavy atom. The van der Waals surface area contributed by atoms with Crippen LogP contribution in [0, 0.1) is 12.3 Å². The Hall–Kier alpha value is -2.13. The number of hydrogen-bond acceptors (Lipinski definition) is 5. The van der Waals surface area contributed by atoms with Gasteiger partial charge in [-0.1, -0.05) is 13.8 Å². The van der Waals surface area contributed by atoms with E-state index in [-0.39, 0.29) is 22.5 Å². The molecule has 0 atom stereocenters. The van der Waals surface area contributed by atoms with Crippen molar-refractivity contribution in [3.8, 4) is 0 Å². The number of sulfone groups is 1. The molecule has 2 saturated heterocycles. The van der Waals surface area contributed by atoms with Gasteiger partial charge in [-0.15, -0.1) is 0 Å². The lowest BCUT2D eigenvalue weighted by molar-refractivity contribution is -0.134. The molecule has 1 amide bonds. The highest BCUT2D eigenvalue weighted by molar-refractivity contribution is 7.90. The van der Waals surface area contributed by atoms with Gasteiger partial charge in [0.05, 0.1) is 22.5 Å². The Bertz CT molecular complexity index is 1180. The summed E-state index contributed by atoms with van der Waals surface area (Å²) >= 11 is 0. The van der Waals surface area contributed by atoms with Gasteiger partial charge in [-0.2, -0.15) is 0 Å². The number of likely N-dealkylation sites (tertiary alicyclic amines) is 2. The van der Waals surface area contributed by atoms with E-state index in [1.54, 1.807) is 23.6 Å². The van der Waals surface area contributed by atoms with Gasteiger partial charge in [0.25, 0.3) is 0 Å². The van der Waals surface area contributed by atoms with Crippen LogP contribution in [0.15, 0.2) is 21.8 Å². The van der Waals surface area contributed by atoms with Crippen LogP contribution in [0.25, 0.3) is 11.0 Å². The van der Waals surface area contributed by atoms with Crippen molar-refractivity contribution in [1.82, 2.24) is 19.4 Å². The van der Waals surface area contributed by atoms with Gasteiger partial charge in [0, 0.05) is 38.5 Å². The number of piperidine rings is 2. The number of nitrogens with one attached hydrogen (secondary N) is 1. The zero-order chi connectivity index (χ0) is 23.3. The summed E-state index contributed by atoms with van der Waals surface area (Å²) in [5.74, 6) is 0.201. The standard InChI is InChI=1S/C23H34N4O4S/c1-16-13-19-18(14-20(16)32(4,30)31)24-22(29)27(19)17-5-9-25(10-6-17)15-21(28)26-11-7-23(2,3)8-12-26/h13-14,17H,5-12,15H2,1-4H3,(H,24,29). The number of benzene rings is 1. The van der Waals surface area contributed by atoms with Gasteiger partial charge < -0.3 is 9.88 Å². The Morgan fingerprint density at radius 2 is 1.75 bits per heavy atom. The zero-order valence-electron chi connectivity index (χ0n) is 19.5. The Labute approximate surface area is 189 Å². The summed E-state index contributed by atoms with van der Waals surface area (Å²) in [7, 11) is -3.36. The fraction of sp³-hybridized carbons (Fsp3) is 0.652. The highest BCUT2D eigenvalue weighted by atomic mass is 32.2. The predicted molar refractivity (Wildman–Crippen MR) is 125 cm³/mol. The SMILES string of the molecule is Cc1cc2c(cc1S(C)(=O)=O)[nH]c(=O)n2C1CCN(CC(=O)N2CCC(C)(C)CC2)CC1. The molecular weight excluding hydrogens is 428 g/mol. The van der Waals surface area contributed by atoms with Gasteiger partial charge >= 0.3 is 5.69 Å². The van der Waals surface area contributed by atoms with Crippen LogP contribution in [0.5, 0.6) is 0 Å². The Kier molecular flexibility index (Phi) is 6.00. The van der Waals surface area contributed by atoms with Crippen molar-refractivity contribution in [2.24, 2.45) is 5.41 Å². The molecule has 0 radical (unpaired) electrons. The van der Waals surface area contributed by atoms with E-state index in [4.69, 9.17) is 0 Å². The number of aromatic nitrogens is 2. The summed E-state index contributed by atoms with van der Waals surface area (Å²) in [5.41, 5.74) is 2.04. The van der Waals surface area contributed by atoms with E-state index >= 15 is 0 Å². The molecule has 2 fully saturated rings. The van der Waals surface area contributed by atoms with E-state index in [9.17, 15) is 18.0 Å². The monoisotopic (exact) mass is 462 g/mol. The van der Waals surface area contributed by atoms with Gasteiger partial charge in [0.1, 0.15) is 0 Å². The van der Waals surface area contributed by atoms with Crippen LogP contribution in [0.2, 0.25) is 0 Å². The maximum atomic E-state index is 12.7. The molecule has 1 N–H and O–H groups in total. The molecule has 4 rings (SSSR count). The minimum absolute atomic E-state index is 0.0295. The molecule has 0 aliphatic carbocycles. The number of rotatable bonds is 4. The number of fused-ring (bicyclic) bond motifs is 1. The van der Waals surface area contributed by atoms with E-state index in [0.29, 0.717) is 23.0 Å². The van der Waals surface area contributed by atoms with Crippen LogP contribution < -0.4 is 5.69 Å². The van der Waals surface area contributed by atoms with Crippen molar-refractivity contribution in [2.45, 2.75) is 57.4 Å². The molecule has 0 bridgehead atoms. The summed E-state index contributed by atoms with van der Waals surface area (Å²) in [4.78, 5) is 32.7. The topological polar surface area (TPSA) is 95.5 Å². The maximum Gasteiger partial charge on any atom is 0.326 e. The first-order valence-corrected chi connectivity index (χ1v) is 13.3. The number of carbonyl (C=O) groups excluding carboxylic acids is 1. The second-order valence-electron chi connectivity index (χ2n) is 10.3. The van der Waals surface area contributed by atoms with Gasteiger partial charge in [-0.25, -0.2) is 13.2 Å². The first-order valence-electron chi connectivity index (χ1n) is 11.4. The van der Waals surface area contributed by atoms with Crippen LogP contribution in [0.3, 0.4) is 0 Å². The van der Waals surface area contributed by atoms with E-state index in [2.05, 4.69) is 23.7 Å². The molecule has 9 heteroatoms. The number of amides is 1. The second-order valence-corrected chi connectivity index (χ2v) is 12.2. The molecule has 1 aromatic heterocycles. The van der Waals surface area contributed by atoms with E-state index in [1.807, 2.05) is 4.90 Å². The average molecular weight is 463 g/mol. The quantitative estimate of drug-likeness (QED) is 0.752. The van der Waals surface area contributed by atoms with E-state index in [1.165, 1.54) is 6.26 Å². The van der Waals surface area contributed by atoms with Crippen LogP contribution >= 0.6 is 0 Å². The van der Waals surface area contributed by atoms with E-state index < -0.39 is 9.84 Å². The van der Waals surface area contributed by atoms with Gasteiger partial charge in [-0.3, -0.25) is 14.3 Å². The smallest absolute Gasteiger partial charge is 0.326 e. The number of aryl methyl sites for hydroxylation is 1. The molecule has 0 saturated carbocycles. The number of nitrogens with zero attached hydrogens (tertiary/aromatic N) is 3. The normalized spacial score (nSPS) is 20.7. The number of H-pyrrole nitrogens is 1. The van der Waals surface area contributed by atoms with Gasteiger partial charge in [0.2, 0.25) is 5.91 Å². The molecule has 32 heavy (non-hydrogen) atoms. The Morgan fingerprint density at radius 3 is 2.34 bits per heavy atom. The fourth-order valence-electron chi connectivity index (χ4n) is 5.01. The van der Waals surface area contributed by atoms with Gasteiger partial charge in [-0.05, 0) is 55.7 Å².